The lowest BCUT2D eigenvalue weighted by atomic mass is 9.55. The number of ether oxygens (including phenoxy) is 1. The molecule has 0 aromatic heterocycles. The number of para-hydroxylation sites is 1. The maximum Gasteiger partial charge on any atom is 0.335 e. The molecule has 0 saturated carbocycles. The molecule has 1 saturated heterocycles. The van der Waals surface area contributed by atoms with Crippen molar-refractivity contribution in [1.82, 2.24) is 4.90 Å². The fourth-order valence-corrected chi connectivity index (χ4v) is 6.25. The van der Waals surface area contributed by atoms with Crippen molar-refractivity contribution in [3.8, 4) is 0 Å². The van der Waals surface area contributed by atoms with Gasteiger partial charge in [-0.25, -0.2) is 4.79 Å². The van der Waals surface area contributed by atoms with Gasteiger partial charge in [0.2, 0.25) is 0 Å². The highest BCUT2D eigenvalue weighted by molar-refractivity contribution is 6.21. The van der Waals surface area contributed by atoms with Gasteiger partial charge >= 0.3 is 5.97 Å². The van der Waals surface area contributed by atoms with E-state index >= 15 is 0 Å². The van der Waals surface area contributed by atoms with Crippen molar-refractivity contribution < 1.29 is 9.53 Å². The van der Waals surface area contributed by atoms with Crippen LogP contribution in [-0.2, 0) is 14.9 Å². The molecular formula is C21H23ClN2O2. The number of carbonyl (C=O) groups excluding carboxylic acids is 1. The van der Waals surface area contributed by atoms with Gasteiger partial charge < -0.3 is 10.1 Å². The predicted molar refractivity (Wildman–Crippen MR) is 102 cm³/mol. The summed E-state index contributed by atoms with van der Waals surface area (Å²) in [5.41, 5.74) is 3.70. The molecule has 26 heavy (non-hydrogen) atoms. The zero-order valence-electron chi connectivity index (χ0n) is 15.1. The first-order valence-electron chi connectivity index (χ1n) is 9.29. The van der Waals surface area contributed by atoms with Crippen molar-refractivity contribution in [2.24, 2.45) is 5.41 Å². The Kier molecular flexibility index (Phi) is 3.38. The number of hydrogen-bond donors (Lipinski definition) is 1. The lowest BCUT2D eigenvalue weighted by Gasteiger charge is -2.55. The maximum absolute atomic E-state index is 12.8. The zero-order chi connectivity index (χ0) is 18.1. The molecule has 5 heteroatoms. The van der Waals surface area contributed by atoms with E-state index in [1.807, 2.05) is 6.07 Å². The van der Waals surface area contributed by atoms with Gasteiger partial charge in [-0.2, -0.15) is 0 Å². The van der Waals surface area contributed by atoms with Crippen LogP contribution in [0, 0.1) is 5.41 Å². The Labute approximate surface area is 158 Å². The molecule has 136 valence electrons. The molecule has 1 fully saturated rings. The zero-order valence-corrected chi connectivity index (χ0v) is 15.8. The number of rotatable bonds is 2. The van der Waals surface area contributed by atoms with E-state index in [4.69, 9.17) is 16.3 Å². The minimum atomic E-state index is -0.275. The molecule has 0 amide bonds. The van der Waals surface area contributed by atoms with Crippen LogP contribution in [0.2, 0.25) is 0 Å². The maximum atomic E-state index is 12.8. The fraction of sp³-hybridized carbons (Fsp3) is 0.476. The number of carbonyl (C=O) groups is 1. The summed E-state index contributed by atoms with van der Waals surface area (Å²) in [4.78, 5) is 15.3. The van der Waals surface area contributed by atoms with Crippen LogP contribution in [0.25, 0.3) is 0 Å². The molecule has 0 radical (unpaired) electrons. The van der Waals surface area contributed by atoms with Crippen molar-refractivity contribution in [2.75, 3.05) is 25.5 Å². The van der Waals surface area contributed by atoms with E-state index in [1.165, 1.54) is 12.7 Å². The molecule has 1 spiro atoms. The third kappa shape index (κ3) is 1.77. The van der Waals surface area contributed by atoms with Gasteiger partial charge in [0.15, 0.2) is 0 Å². The molecule has 1 aromatic carbocycles. The first-order chi connectivity index (χ1) is 12.5. The standard InChI is InChI=1S/C21H23ClN2O2/c1-13(22)20-8-5-10-24-11-9-21(19(20)24)15-6-3-4-7-16(15)23-17(21)14(12-20)18(25)26-2/h3-8,13,19,23H,9-12H2,1-2H3/t13?,19-,20+,21-/m0/s1. The van der Waals surface area contributed by atoms with Crippen LogP contribution >= 0.6 is 11.6 Å². The van der Waals surface area contributed by atoms with Crippen LogP contribution in [0.5, 0.6) is 0 Å². The molecular weight excluding hydrogens is 348 g/mol. The fourth-order valence-electron chi connectivity index (χ4n) is 5.98. The Balaban J connectivity index is 1.84. The van der Waals surface area contributed by atoms with E-state index in [2.05, 4.69) is 47.5 Å². The van der Waals surface area contributed by atoms with Crippen LogP contribution in [0.3, 0.4) is 0 Å². The average Bonchev–Trinajstić information content (AvgIpc) is 3.21. The molecule has 1 aliphatic carbocycles. The van der Waals surface area contributed by atoms with Gasteiger partial charge in [-0.3, -0.25) is 4.90 Å². The number of methoxy groups -OCH3 is 1. The molecule has 1 aromatic rings. The number of nitrogens with zero attached hydrogens (tertiary/aromatic N) is 1. The van der Waals surface area contributed by atoms with Crippen LogP contribution in [0.1, 0.15) is 25.3 Å². The molecule has 4 aliphatic rings. The number of esters is 1. The first-order valence-corrected chi connectivity index (χ1v) is 9.72. The highest BCUT2D eigenvalue weighted by Crippen LogP contribution is 2.64. The molecule has 3 heterocycles. The first kappa shape index (κ1) is 16.4. The minimum Gasteiger partial charge on any atom is -0.466 e. The number of alkyl halides is 1. The van der Waals surface area contributed by atoms with Gasteiger partial charge in [0.1, 0.15) is 0 Å². The van der Waals surface area contributed by atoms with E-state index in [0.717, 1.165) is 36.5 Å². The van der Waals surface area contributed by atoms with E-state index < -0.39 is 0 Å². The SMILES string of the molecule is COC(=O)C1=C2Nc3ccccc3[C@@]23CCN2CC=C[C@](C(C)Cl)(C1)[C@H]23. The smallest absolute Gasteiger partial charge is 0.335 e. The lowest BCUT2D eigenvalue weighted by Crippen LogP contribution is -2.61. The molecule has 3 aliphatic heterocycles. The molecule has 4 atom stereocenters. The largest absolute Gasteiger partial charge is 0.466 e. The van der Waals surface area contributed by atoms with Crippen LogP contribution in [-0.4, -0.2) is 42.5 Å². The Morgan fingerprint density at radius 1 is 1.42 bits per heavy atom. The van der Waals surface area contributed by atoms with E-state index in [9.17, 15) is 4.79 Å². The summed E-state index contributed by atoms with van der Waals surface area (Å²) < 4.78 is 5.19. The second kappa shape index (κ2) is 5.37. The third-order valence-corrected chi connectivity index (χ3v) is 7.38. The van der Waals surface area contributed by atoms with Gasteiger partial charge in [-0.1, -0.05) is 30.4 Å². The second-order valence-electron chi connectivity index (χ2n) is 7.94. The van der Waals surface area contributed by atoms with Crippen molar-refractivity contribution >= 4 is 23.3 Å². The van der Waals surface area contributed by atoms with Crippen LogP contribution in [0.15, 0.2) is 47.7 Å². The Morgan fingerprint density at radius 2 is 2.23 bits per heavy atom. The summed E-state index contributed by atoms with van der Waals surface area (Å²) in [5.74, 6) is -0.243. The topological polar surface area (TPSA) is 41.6 Å². The molecule has 1 unspecified atom stereocenters. The molecule has 4 nitrogen and oxygen atoms in total. The Bertz CT molecular complexity index is 861. The monoisotopic (exact) mass is 370 g/mol. The molecule has 5 rings (SSSR count). The minimum absolute atomic E-state index is 0.0875. The summed E-state index contributed by atoms with van der Waals surface area (Å²) in [6.45, 7) is 4.02. The van der Waals surface area contributed by atoms with Gasteiger partial charge in [0.25, 0.3) is 0 Å². The third-order valence-electron chi connectivity index (χ3n) is 6.97. The van der Waals surface area contributed by atoms with Crippen molar-refractivity contribution in [3.05, 3.63) is 53.3 Å². The highest BCUT2D eigenvalue weighted by atomic mass is 35.5. The number of nitrogens with one attached hydrogen (secondary N) is 1. The lowest BCUT2D eigenvalue weighted by molar-refractivity contribution is -0.137. The Morgan fingerprint density at radius 3 is 3.00 bits per heavy atom. The van der Waals surface area contributed by atoms with E-state index in [0.29, 0.717) is 6.42 Å². The van der Waals surface area contributed by atoms with Gasteiger partial charge in [0, 0.05) is 41.3 Å². The average molecular weight is 371 g/mol. The van der Waals surface area contributed by atoms with Gasteiger partial charge in [-0.05, 0) is 31.4 Å². The number of hydrogen-bond acceptors (Lipinski definition) is 4. The normalized spacial score (nSPS) is 35.4. The second-order valence-corrected chi connectivity index (χ2v) is 8.60. The molecule has 0 bridgehead atoms. The van der Waals surface area contributed by atoms with E-state index in [-0.39, 0.29) is 28.2 Å². The Hall–Kier alpha value is -1.78. The summed E-state index contributed by atoms with van der Waals surface area (Å²) in [7, 11) is 1.46. The number of benzene rings is 1. The van der Waals surface area contributed by atoms with Crippen molar-refractivity contribution in [3.63, 3.8) is 0 Å². The quantitative estimate of drug-likeness (QED) is 0.492. The predicted octanol–water partition coefficient (Wildman–Crippen LogP) is 3.44. The van der Waals surface area contributed by atoms with Crippen LogP contribution < -0.4 is 5.32 Å². The summed E-state index contributed by atoms with van der Waals surface area (Å²) in [5, 5.41) is 3.51. The highest BCUT2D eigenvalue weighted by Gasteiger charge is 2.66. The van der Waals surface area contributed by atoms with Crippen LogP contribution in [0.4, 0.5) is 5.69 Å². The summed E-state index contributed by atoms with van der Waals surface area (Å²) >= 11 is 6.83. The van der Waals surface area contributed by atoms with Crippen molar-refractivity contribution in [1.29, 1.82) is 0 Å². The summed E-state index contributed by atoms with van der Waals surface area (Å²) in [6.07, 6.45) is 6.10. The van der Waals surface area contributed by atoms with E-state index in [1.54, 1.807) is 0 Å². The molecule has 1 N–H and O–H groups in total. The number of anilines is 1. The number of halogens is 1. The van der Waals surface area contributed by atoms with Gasteiger partial charge in [0.05, 0.1) is 18.1 Å². The van der Waals surface area contributed by atoms with Crippen molar-refractivity contribution in [2.45, 2.75) is 36.6 Å². The number of fused-ring (bicyclic) bond motifs is 1. The van der Waals surface area contributed by atoms with Gasteiger partial charge in [-0.15, -0.1) is 11.6 Å². The summed E-state index contributed by atoms with van der Waals surface area (Å²) in [6, 6.07) is 8.71.